The van der Waals surface area contributed by atoms with Gasteiger partial charge in [0.25, 0.3) is 0 Å². The molecule has 156 valence electrons. The molecule has 2 heterocycles. The number of thioether (sulfide) groups is 1. The van der Waals surface area contributed by atoms with Crippen LogP contribution in [0.2, 0.25) is 0 Å². The number of fused-ring (bicyclic) bond motifs is 1. The fraction of sp³-hybridized carbons (Fsp3) is 0.273. The van der Waals surface area contributed by atoms with Gasteiger partial charge in [-0.3, -0.25) is 9.89 Å². The molecular formula is C22H22FN3O3S. The second kappa shape index (κ2) is 8.39. The second-order valence-corrected chi connectivity index (χ2v) is 8.53. The largest absolute Gasteiger partial charge is 0.493 e. The fourth-order valence-electron chi connectivity index (χ4n) is 3.36. The number of rotatable bonds is 5. The summed E-state index contributed by atoms with van der Waals surface area (Å²) < 4.78 is 24.5. The molecule has 1 aromatic heterocycles. The van der Waals surface area contributed by atoms with Crippen molar-refractivity contribution < 1.29 is 18.7 Å². The van der Waals surface area contributed by atoms with Gasteiger partial charge in [0.2, 0.25) is 5.91 Å². The van der Waals surface area contributed by atoms with Crippen molar-refractivity contribution in [2.45, 2.75) is 31.0 Å². The van der Waals surface area contributed by atoms with Crippen LogP contribution in [0.15, 0.2) is 42.5 Å². The van der Waals surface area contributed by atoms with Gasteiger partial charge < -0.3 is 14.8 Å². The lowest BCUT2D eigenvalue weighted by Gasteiger charge is -2.19. The van der Waals surface area contributed by atoms with Gasteiger partial charge in [-0.25, -0.2) is 4.39 Å². The lowest BCUT2D eigenvalue weighted by atomic mass is 10.0. The lowest BCUT2D eigenvalue weighted by Crippen LogP contribution is -2.21. The minimum atomic E-state index is -0.280. The van der Waals surface area contributed by atoms with E-state index in [1.165, 1.54) is 12.1 Å². The van der Waals surface area contributed by atoms with Gasteiger partial charge >= 0.3 is 0 Å². The Kier molecular flexibility index (Phi) is 5.67. The zero-order valence-electron chi connectivity index (χ0n) is 16.9. The summed E-state index contributed by atoms with van der Waals surface area (Å²) in [6.07, 6.45) is 0. The van der Waals surface area contributed by atoms with Gasteiger partial charge in [0.1, 0.15) is 12.4 Å². The minimum Gasteiger partial charge on any atom is -0.493 e. The van der Waals surface area contributed by atoms with Crippen molar-refractivity contribution in [3.05, 3.63) is 70.7 Å². The number of aryl methyl sites for hydroxylation is 1. The van der Waals surface area contributed by atoms with Gasteiger partial charge in [0.15, 0.2) is 17.3 Å². The number of aromatic amines is 1. The molecule has 2 N–H and O–H groups in total. The summed E-state index contributed by atoms with van der Waals surface area (Å²) in [6, 6.07) is 11.9. The second-order valence-electron chi connectivity index (χ2n) is 7.08. The summed E-state index contributed by atoms with van der Waals surface area (Å²) in [7, 11) is 1.59. The predicted octanol–water partition coefficient (Wildman–Crippen LogP) is 4.61. The standard InChI is InChI=1S/C22H22FN3O3S/c1-12-19-20(30-13(2)22(27)24-21(19)26-25-12)15-6-9-17(18(10-15)28-3)29-11-14-4-7-16(23)8-5-14/h4-10,13,20H,11H2,1-3H3,(H2,24,25,26,27)/t13-,20-/m0/s1. The van der Waals surface area contributed by atoms with E-state index < -0.39 is 0 Å². The number of methoxy groups -OCH3 is 1. The molecule has 1 amide bonds. The number of halogens is 1. The molecule has 1 aliphatic heterocycles. The maximum atomic E-state index is 13.1. The number of benzene rings is 2. The molecule has 3 aromatic rings. The van der Waals surface area contributed by atoms with Gasteiger partial charge in [0, 0.05) is 11.3 Å². The Morgan fingerprint density at radius 3 is 2.67 bits per heavy atom. The highest BCUT2D eigenvalue weighted by atomic mass is 32.2. The topological polar surface area (TPSA) is 76.2 Å². The van der Waals surface area contributed by atoms with Gasteiger partial charge in [0.05, 0.1) is 17.6 Å². The Morgan fingerprint density at radius 1 is 1.17 bits per heavy atom. The quantitative estimate of drug-likeness (QED) is 0.622. The Bertz CT molecular complexity index is 1070. The molecule has 0 saturated carbocycles. The third-order valence-electron chi connectivity index (χ3n) is 5.01. The predicted molar refractivity (Wildman–Crippen MR) is 115 cm³/mol. The van der Waals surface area contributed by atoms with Crippen LogP contribution in [0.1, 0.15) is 34.6 Å². The first-order valence-electron chi connectivity index (χ1n) is 9.52. The number of hydrogen-bond donors (Lipinski definition) is 2. The average Bonchev–Trinajstić information content (AvgIpc) is 3.04. The van der Waals surface area contributed by atoms with Crippen molar-refractivity contribution in [2.75, 3.05) is 12.4 Å². The number of aromatic nitrogens is 2. The average molecular weight is 428 g/mol. The molecule has 2 aromatic carbocycles. The smallest absolute Gasteiger partial charge is 0.238 e. The third kappa shape index (κ3) is 4.00. The summed E-state index contributed by atoms with van der Waals surface area (Å²) in [5, 5.41) is 9.78. The molecule has 1 aliphatic rings. The number of nitrogens with one attached hydrogen (secondary N) is 2. The van der Waals surface area contributed by atoms with Crippen LogP contribution >= 0.6 is 11.8 Å². The normalized spacial score (nSPS) is 18.3. The van der Waals surface area contributed by atoms with Crippen LogP contribution in [0, 0.1) is 12.7 Å². The molecule has 0 saturated heterocycles. The highest BCUT2D eigenvalue weighted by molar-refractivity contribution is 8.01. The number of carbonyl (C=O) groups is 1. The molecule has 0 spiro atoms. The van der Waals surface area contributed by atoms with Crippen molar-refractivity contribution in [3.63, 3.8) is 0 Å². The van der Waals surface area contributed by atoms with Crippen molar-refractivity contribution in [1.29, 1.82) is 0 Å². The fourth-order valence-corrected chi connectivity index (χ4v) is 4.68. The lowest BCUT2D eigenvalue weighted by molar-refractivity contribution is -0.115. The third-order valence-corrected chi connectivity index (χ3v) is 6.41. The molecule has 6 nitrogen and oxygen atoms in total. The SMILES string of the molecule is COc1cc([C@@H]2S[C@@H](C)C(=O)Nc3n[nH]c(C)c32)ccc1OCc1ccc(F)cc1. The summed E-state index contributed by atoms with van der Waals surface area (Å²) in [6.45, 7) is 4.13. The molecule has 4 rings (SSSR count). The van der Waals surface area contributed by atoms with Crippen molar-refractivity contribution in [2.24, 2.45) is 0 Å². The van der Waals surface area contributed by atoms with Crippen LogP contribution in [-0.4, -0.2) is 28.5 Å². The van der Waals surface area contributed by atoms with E-state index in [0.717, 1.165) is 22.4 Å². The van der Waals surface area contributed by atoms with E-state index in [9.17, 15) is 9.18 Å². The van der Waals surface area contributed by atoms with E-state index in [0.29, 0.717) is 23.9 Å². The Balaban J connectivity index is 1.62. The molecule has 0 radical (unpaired) electrons. The highest BCUT2D eigenvalue weighted by Crippen LogP contribution is 2.46. The van der Waals surface area contributed by atoms with Gasteiger partial charge in [-0.05, 0) is 49.2 Å². The van der Waals surface area contributed by atoms with E-state index in [2.05, 4.69) is 15.5 Å². The first-order valence-corrected chi connectivity index (χ1v) is 10.5. The molecule has 0 bridgehead atoms. The summed E-state index contributed by atoms with van der Waals surface area (Å²) in [4.78, 5) is 12.3. The number of carbonyl (C=O) groups excluding carboxylic acids is 1. The summed E-state index contributed by atoms with van der Waals surface area (Å²) in [5.74, 6) is 1.40. The van der Waals surface area contributed by atoms with Gasteiger partial charge in [-0.2, -0.15) is 5.10 Å². The number of ether oxygens (including phenoxy) is 2. The van der Waals surface area contributed by atoms with E-state index in [4.69, 9.17) is 9.47 Å². The zero-order valence-corrected chi connectivity index (χ0v) is 17.7. The van der Waals surface area contributed by atoms with Gasteiger partial charge in [-0.15, -0.1) is 11.8 Å². The maximum absolute atomic E-state index is 13.1. The van der Waals surface area contributed by atoms with E-state index >= 15 is 0 Å². The number of hydrogen-bond acceptors (Lipinski definition) is 5. The van der Waals surface area contributed by atoms with Crippen LogP contribution in [0.25, 0.3) is 0 Å². The summed E-state index contributed by atoms with van der Waals surface area (Å²) in [5.41, 5.74) is 3.71. The van der Waals surface area contributed by atoms with Crippen LogP contribution in [0.4, 0.5) is 10.2 Å². The van der Waals surface area contributed by atoms with Crippen LogP contribution < -0.4 is 14.8 Å². The Hall–Kier alpha value is -3.00. The molecule has 0 fully saturated rings. The van der Waals surface area contributed by atoms with Gasteiger partial charge in [-0.1, -0.05) is 18.2 Å². The number of amides is 1. The van der Waals surface area contributed by atoms with Crippen molar-refractivity contribution >= 4 is 23.5 Å². The molecule has 30 heavy (non-hydrogen) atoms. The number of anilines is 1. The van der Waals surface area contributed by atoms with Crippen LogP contribution in [-0.2, 0) is 11.4 Å². The monoisotopic (exact) mass is 427 g/mol. The van der Waals surface area contributed by atoms with E-state index in [1.807, 2.05) is 32.0 Å². The zero-order chi connectivity index (χ0) is 21.3. The first-order chi connectivity index (χ1) is 14.5. The Morgan fingerprint density at radius 2 is 1.93 bits per heavy atom. The molecule has 0 aliphatic carbocycles. The summed E-state index contributed by atoms with van der Waals surface area (Å²) >= 11 is 1.56. The van der Waals surface area contributed by atoms with Crippen LogP contribution in [0.3, 0.4) is 0 Å². The minimum absolute atomic E-state index is 0.0681. The Labute approximate surface area is 178 Å². The molecule has 8 heteroatoms. The molecule has 0 unspecified atom stereocenters. The first kappa shape index (κ1) is 20.3. The number of H-pyrrole nitrogens is 1. The number of nitrogens with zero attached hydrogens (tertiary/aromatic N) is 1. The highest BCUT2D eigenvalue weighted by Gasteiger charge is 2.32. The van der Waals surface area contributed by atoms with Crippen molar-refractivity contribution in [1.82, 2.24) is 10.2 Å². The van der Waals surface area contributed by atoms with E-state index in [1.54, 1.807) is 31.0 Å². The maximum Gasteiger partial charge on any atom is 0.238 e. The van der Waals surface area contributed by atoms with E-state index in [-0.39, 0.29) is 22.2 Å². The molecule has 2 atom stereocenters. The molecular weight excluding hydrogens is 405 g/mol. The van der Waals surface area contributed by atoms with Crippen LogP contribution in [0.5, 0.6) is 11.5 Å². The van der Waals surface area contributed by atoms with Crippen molar-refractivity contribution in [3.8, 4) is 11.5 Å².